The van der Waals surface area contributed by atoms with E-state index in [0.29, 0.717) is 18.8 Å². The highest BCUT2D eigenvalue weighted by Gasteiger charge is 2.24. The second-order valence-electron chi connectivity index (χ2n) is 4.14. The lowest BCUT2D eigenvalue weighted by molar-refractivity contribution is 0.0580. The Labute approximate surface area is 93.4 Å². The van der Waals surface area contributed by atoms with Crippen LogP contribution >= 0.6 is 0 Å². The molecule has 0 spiro atoms. The molecular formula is C12H15F2NO. The van der Waals surface area contributed by atoms with Crippen LogP contribution in [0.25, 0.3) is 0 Å². The summed E-state index contributed by atoms with van der Waals surface area (Å²) < 4.78 is 31.5. The minimum absolute atomic E-state index is 0.216. The Morgan fingerprint density at radius 3 is 2.56 bits per heavy atom. The fourth-order valence-corrected chi connectivity index (χ4v) is 2.10. The van der Waals surface area contributed by atoms with Crippen LogP contribution in [-0.2, 0) is 4.74 Å². The molecule has 16 heavy (non-hydrogen) atoms. The number of hydrogen-bond donors (Lipinski definition) is 1. The van der Waals surface area contributed by atoms with Crippen LogP contribution in [0.1, 0.15) is 24.4 Å². The number of ether oxygens (including phenoxy) is 1. The van der Waals surface area contributed by atoms with Crippen molar-refractivity contribution in [3.05, 3.63) is 35.4 Å². The largest absolute Gasteiger partial charge is 0.381 e. The molecule has 0 radical (unpaired) electrons. The molecule has 0 amide bonds. The first kappa shape index (κ1) is 11.5. The predicted octanol–water partition coefficient (Wildman–Crippen LogP) is 2.39. The third-order valence-corrected chi connectivity index (χ3v) is 3.10. The van der Waals surface area contributed by atoms with Crippen molar-refractivity contribution in [1.82, 2.24) is 0 Å². The van der Waals surface area contributed by atoms with Gasteiger partial charge in [-0.15, -0.1) is 0 Å². The van der Waals surface area contributed by atoms with Crippen LogP contribution in [0.5, 0.6) is 0 Å². The zero-order chi connectivity index (χ0) is 11.5. The molecule has 0 aromatic heterocycles. The summed E-state index contributed by atoms with van der Waals surface area (Å²) in [5.41, 5.74) is 6.40. The number of hydrogen-bond acceptors (Lipinski definition) is 2. The Morgan fingerprint density at radius 1 is 1.25 bits per heavy atom. The summed E-state index contributed by atoms with van der Waals surface area (Å²) >= 11 is 0. The van der Waals surface area contributed by atoms with Crippen LogP contribution in [-0.4, -0.2) is 13.2 Å². The van der Waals surface area contributed by atoms with Gasteiger partial charge < -0.3 is 10.5 Å². The molecule has 1 aromatic rings. The Kier molecular flexibility index (Phi) is 3.51. The summed E-state index contributed by atoms with van der Waals surface area (Å²) in [6.07, 6.45) is 1.66. The van der Waals surface area contributed by atoms with E-state index in [9.17, 15) is 8.78 Å². The lowest BCUT2D eigenvalue weighted by Crippen LogP contribution is -2.28. The summed E-state index contributed by atoms with van der Waals surface area (Å²) in [4.78, 5) is 0. The van der Waals surface area contributed by atoms with Gasteiger partial charge in [0.1, 0.15) is 11.6 Å². The summed E-state index contributed by atoms with van der Waals surface area (Å²) in [7, 11) is 0. The fourth-order valence-electron chi connectivity index (χ4n) is 2.10. The third-order valence-electron chi connectivity index (χ3n) is 3.10. The molecule has 1 aliphatic heterocycles. The molecule has 88 valence electrons. The second-order valence-corrected chi connectivity index (χ2v) is 4.14. The van der Waals surface area contributed by atoms with Crippen molar-refractivity contribution in [3.8, 4) is 0 Å². The molecule has 0 unspecified atom stereocenters. The van der Waals surface area contributed by atoms with Gasteiger partial charge in [-0.1, -0.05) is 6.07 Å². The van der Waals surface area contributed by atoms with Crippen molar-refractivity contribution in [3.63, 3.8) is 0 Å². The van der Waals surface area contributed by atoms with Gasteiger partial charge in [0.25, 0.3) is 0 Å². The number of halogens is 2. The first-order valence-electron chi connectivity index (χ1n) is 5.47. The van der Waals surface area contributed by atoms with Crippen LogP contribution in [0, 0.1) is 17.6 Å². The first-order valence-corrected chi connectivity index (χ1v) is 5.47. The van der Waals surface area contributed by atoms with E-state index in [1.807, 2.05) is 0 Å². The molecule has 2 rings (SSSR count). The maximum absolute atomic E-state index is 13.5. The zero-order valence-electron chi connectivity index (χ0n) is 8.96. The Morgan fingerprint density at radius 2 is 1.94 bits per heavy atom. The van der Waals surface area contributed by atoms with Crippen LogP contribution < -0.4 is 5.73 Å². The number of nitrogens with two attached hydrogens (primary N) is 1. The molecule has 1 aromatic carbocycles. The molecule has 4 heteroatoms. The minimum Gasteiger partial charge on any atom is -0.381 e. The van der Waals surface area contributed by atoms with Gasteiger partial charge in [-0.3, -0.25) is 0 Å². The Bertz CT molecular complexity index is 364. The summed E-state index contributed by atoms with van der Waals surface area (Å²) in [5, 5.41) is 0. The van der Waals surface area contributed by atoms with Crippen LogP contribution in [0.15, 0.2) is 18.2 Å². The van der Waals surface area contributed by atoms with Gasteiger partial charge in [0.2, 0.25) is 0 Å². The second kappa shape index (κ2) is 4.89. The van der Waals surface area contributed by atoms with Crippen molar-refractivity contribution in [2.75, 3.05) is 13.2 Å². The zero-order valence-corrected chi connectivity index (χ0v) is 8.96. The molecule has 2 N–H and O–H groups in total. The number of rotatable bonds is 2. The van der Waals surface area contributed by atoms with Crippen molar-refractivity contribution >= 4 is 0 Å². The van der Waals surface area contributed by atoms with Crippen LogP contribution in [0.2, 0.25) is 0 Å². The molecule has 1 atom stereocenters. The monoisotopic (exact) mass is 227 g/mol. The predicted molar refractivity (Wildman–Crippen MR) is 56.8 cm³/mol. The van der Waals surface area contributed by atoms with Gasteiger partial charge in [-0.2, -0.15) is 0 Å². The maximum Gasteiger partial charge on any atom is 0.130 e. The maximum atomic E-state index is 13.5. The van der Waals surface area contributed by atoms with Crippen molar-refractivity contribution in [1.29, 1.82) is 0 Å². The average Bonchev–Trinajstić information content (AvgIpc) is 2.29. The molecule has 0 saturated carbocycles. The number of benzene rings is 1. The van der Waals surface area contributed by atoms with E-state index in [0.717, 1.165) is 18.9 Å². The van der Waals surface area contributed by atoms with E-state index in [1.165, 1.54) is 12.1 Å². The highest BCUT2D eigenvalue weighted by Crippen LogP contribution is 2.29. The average molecular weight is 227 g/mol. The molecule has 1 saturated heterocycles. The Balaban J connectivity index is 2.15. The molecular weight excluding hydrogens is 212 g/mol. The van der Waals surface area contributed by atoms with Gasteiger partial charge in [-0.05, 0) is 24.8 Å². The molecule has 0 aliphatic carbocycles. The fraction of sp³-hybridized carbons (Fsp3) is 0.500. The first-order chi connectivity index (χ1) is 7.68. The van der Waals surface area contributed by atoms with E-state index >= 15 is 0 Å². The van der Waals surface area contributed by atoms with Crippen LogP contribution in [0.3, 0.4) is 0 Å². The summed E-state index contributed by atoms with van der Waals surface area (Å²) in [6.45, 7) is 1.34. The normalized spacial score (nSPS) is 19.7. The SMILES string of the molecule is N[C@H](c1ccc(F)cc1F)C1CCOCC1. The summed E-state index contributed by atoms with van der Waals surface area (Å²) in [6, 6.07) is 3.20. The van der Waals surface area contributed by atoms with Crippen LogP contribution in [0.4, 0.5) is 8.78 Å². The topological polar surface area (TPSA) is 35.2 Å². The standard InChI is InChI=1S/C12H15F2NO/c13-9-1-2-10(11(14)7-9)12(15)8-3-5-16-6-4-8/h1-2,7-8,12H,3-6,15H2/t12-/m0/s1. The van der Waals surface area contributed by atoms with Gasteiger partial charge in [-0.25, -0.2) is 8.78 Å². The van der Waals surface area contributed by atoms with Gasteiger partial charge in [0.05, 0.1) is 0 Å². The summed E-state index contributed by atoms with van der Waals surface area (Å²) in [5.74, 6) is -0.909. The lowest BCUT2D eigenvalue weighted by atomic mass is 9.87. The quantitative estimate of drug-likeness (QED) is 0.842. The molecule has 0 bridgehead atoms. The Hall–Kier alpha value is -1.00. The third kappa shape index (κ3) is 2.39. The minimum atomic E-state index is -0.569. The molecule has 2 nitrogen and oxygen atoms in total. The molecule has 1 fully saturated rings. The molecule has 1 heterocycles. The van der Waals surface area contributed by atoms with Gasteiger partial charge in [0, 0.05) is 30.9 Å². The van der Waals surface area contributed by atoms with Gasteiger partial charge >= 0.3 is 0 Å². The van der Waals surface area contributed by atoms with Crippen molar-refractivity contribution in [2.24, 2.45) is 11.7 Å². The van der Waals surface area contributed by atoms with E-state index in [4.69, 9.17) is 10.5 Å². The van der Waals surface area contributed by atoms with E-state index in [-0.39, 0.29) is 12.0 Å². The van der Waals surface area contributed by atoms with E-state index in [2.05, 4.69) is 0 Å². The highest BCUT2D eigenvalue weighted by molar-refractivity contribution is 5.22. The lowest BCUT2D eigenvalue weighted by Gasteiger charge is -2.28. The van der Waals surface area contributed by atoms with Crippen molar-refractivity contribution < 1.29 is 13.5 Å². The van der Waals surface area contributed by atoms with Gasteiger partial charge in [0.15, 0.2) is 0 Å². The van der Waals surface area contributed by atoms with Crippen molar-refractivity contribution in [2.45, 2.75) is 18.9 Å². The van der Waals surface area contributed by atoms with E-state index < -0.39 is 11.6 Å². The highest BCUT2D eigenvalue weighted by atomic mass is 19.1. The van der Waals surface area contributed by atoms with E-state index in [1.54, 1.807) is 0 Å². The molecule has 1 aliphatic rings. The smallest absolute Gasteiger partial charge is 0.130 e.